The van der Waals surface area contributed by atoms with Crippen molar-refractivity contribution in [1.29, 1.82) is 0 Å². The highest BCUT2D eigenvalue weighted by molar-refractivity contribution is 6.30. The summed E-state index contributed by atoms with van der Waals surface area (Å²) in [4.78, 5) is 11.4. The molecule has 0 N–H and O–H groups in total. The lowest BCUT2D eigenvalue weighted by Gasteiger charge is -2.09. The molecule has 0 fully saturated rings. The molecule has 0 saturated heterocycles. The molecule has 142 valence electrons. The van der Waals surface area contributed by atoms with Gasteiger partial charge >= 0.3 is 5.97 Å². The van der Waals surface area contributed by atoms with Crippen LogP contribution in [0, 0.1) is 0 Å². The Balaban J connectivity index is 1.55. The largest absolute Gasteiger partial charge is 0.494 e. The molecule has 5 nitrogen and oxygen atoms in total. The molecular weight excluding hydrogens is 366 g/mol. The minimum atomic E-state index is -0.368. The van der Waals surface area contributed by atoms with E-state index in [0.29, 0.717) is 24.0 Å². The zero-order chi connectivity index (χ0) is 19.1. The smallest absolute Gasteiger partial charge is 0.344 e. The van der Waals surface area contributed by atoms with Crippen LogP contribution >= 0.6 is 11.6 Å². The summed E-state index contributed by atoms with van der Waals surface area (Å²) in [6, 6.07) is 15.2. The van der Waals surface area contributed by atoms with Gasteiger partial charge in [0.2, 0.25) is 0 Å². The van der Waals surface area contributed by atoms with Crippen molar-refractivity contribution in [3.05, 3.63) is 59.8 Å². The molecule has 3 rings (SSSR count). The summed E-state index contributed by atoms with van der Waals surface area (Å²) < 4.78 is 18.3. The van der Waals surface area contributed by atoms with Crippen molar-refractivity contribution in [2.45, 2.75) is 19.9 Å². The summed E-state index contributed by atoms with van der Waals surface area (Å²) in [6.45, 7) is 3.46. The van der Waals surface area contributed by atoms with Crippen LogP contribution in [0.25, 0.3) is 10.9 Å². The highest BCUT2D eigenvalue weighted by Gasteiger charge is 2.06. The monoisotopic (exact) mass is 387 g/mol. The third-order valence-corrected chi connectivity index (χ3v) is 4.29. The molecule has 0 radical (unpaired) electrons. The maximum Gasteiger partial charge on any atom is 0.344 e. The first-order chi connectivity index (χ1) is 13.2. The van der Waals surface area contributed by atoms with Gasteiger partial charge in [0.15, 0.2) is 6.61 Å². The fourth-order valence-electron chi connectivity index (χ4n) is 2.75. The molecule has 0 spiro atoms. The van der Waals surface area contributed by atoms with Gasteiger partial charge in [-0.2, -0.15) is 0 Å². The summed E-state index contributed by atoms with van der Waals surface area (Å²) >= 11 is 5.87. The summed E-state index contributed by atoms with van der Waals surface area (Å²) in [7, 11) is 0. The Morgan fingerprint density at radius 1 is 1.04 bits per heavy atom. The Hall–Kier alpha value is -2.66. The fraction of sp³-hybridized carbons (Fsp3) is 0.286. The molecule has 0 saturated carbocycles. The van der Waals surface area contributed by atoms with Crippen LogP contribution in [-0.2, 0) is 16.1 Å². The van der Waals surface area contributed by atoms with Gasteiger partial charge in [0, 0.05) is 23.8 Å². The molecule has 1 heterocycles. The van der Waals surface area contributed by atoms with Crippen molar-refractivity contribution in [3.8, 4) is 11.5 Å². The van der Waals surface area contributed by atoms with E-state index in [1.165, 1.54) is 0 Å². The van der Waals surface area contributed by atoms with Crippen LogP contribution in [0.4, 0.5) is 0 Å². The Morgan fingerprint density at radius 3 is 2.59 bits per heavy atom. The second-order valence-electron chi connectivity index (χ2n) is 5.98. The van der Waals surface area contributed by atoms with Crippen molar-refractivity contribution in [2.24, 2.45) is 0 Å². The van der Waals surface area contributed by atoms with E-state index < -0.39 is 0 Å². The maximum atomic E-state index is 11.4. The average molecular weight is 388 g/mol. The Kier molecular flexibility index (Phi) is 6.60. The fourth-order valence-corrected chi connectivity index (χ4v) is 2.88. The predicted octanol–water partition coefficient (Wildman–Crippen LogP) is 4.71. The number of aromatic nitrogens is 1. The second-order valence-corrected chi connectivity index (χ2v) is 6.42. The van der Waals surface area contributed by atoms with Gasteiger partial charge in [-0.3, -0.25) is 0 Å². The number of rotatable bonds is 9. The number of fused-ring (bicyclic) bond motifs is 1. The van der Waals surface area contributed by atoms with Crippen LogP contribution in [-0.4, -0.2) is 30.4 Å². The number of aryl methyl sites for hydroxylation is 1. The number of hydrogen-bond donors (Lipinski definition) is 0. The predicted molar refractivity (Wildman–Crippen MR) is 106 cm³/mol. The third kappa shape index (κ3) is 5.41. The first-order valence-corrected chi connectivity index (χ1v) is 9.29. The molecular formula is C21H22ClNO4. The Labute approximate surface area is 163 Å². The second kappa shape index (κ2) is 9.33. The van der Waals surface area contributed by atoms with E-state index in [9.17, 15) is 4.79 Å². The van der Waals surface area contributed by atoms with E-state index in [-0.39, 0.29) is 12.6 Å². The highest BCUT2D eigenvalue weighted by Crippen LogP contribution is 2.22. The molecule has 0 aliphatic rings. The summed E-state index contributed by atoms with van der Waals surface area (Å²) in [5.41, 5.74) is 1.06. The molecule has 0 unspecified atom stereocenters. The van der Waals surface area contributed by atoms with Gasteiger partial charge in [-0.05, 0) is 61.2 Å². The molecule has 6 heteroatoms. The normalized spacial score (nSPS) is 10.7. The molecule has 3 aromatic rings. The van der Waals surface area contributed by atoms with E-state index in [1.807, 2.05) is 48.7 Å². The van der Waals surface area contributed by atoms with Crippen LogP contribution in [0.5, 0.6) is 11.5 Å². The van der Waals surface area contributed by atoms with E-state index >= 15 is 0 Å². The first-order valence-electron chi connectivity index (χ1n) is 8.91. The highest BCUT2D eigenvalue weighted by atomic mass is 35.5. The van der Waals surface area contributed by atoms with Crippen molar-refractivity contribution in [1.82, 2.24) is 4.57 Å². The van der Waals surface area contributed by atoms with Gasteiger partial charge in [-0.1, -0.05) is 11.6 Å². The molecule has 2 aromatic carbocycles. The van der Waals surface area contributed by atoms with Gasteiger partial charge in [0.05, 0.1) is 18.7 Å². The van der Waals surface area contributed by atoms with E-state index in [1.54, 1.807) is 6.92 Å². The lowest BCUT2D eigenvalue weighted by atomic mass is 10.2. The number of benzene rings is 2. The molecule has 0 aliphatic carbocycles. The molecule has 0 amide bonds. The number of nitrogens with zero attached hydrogens (tertiary/aromatic N) is 1. The SMILES string of the molecule is CCOC(=O)COc1ccc2ccn(CCCOc3ccc(Cl)cc3)c2c1. The summed E-state index contributed by atoms with van der Waals surface area (Å²) in [6.07, 6.45) is 2.91. The number of hydrogen-bond acceptors (Lipinski definition) is 4. The van der Waals surface area contributed by atoms with Crippen LogP contribution in [0.1, 0.15) is 13.3 Å². The standard InChI is InChI=1S/C21H22ClNO4/c1-2-25-21(24)15-27-19-7-4-16-10-12-23(20(16)14-19)11-3-13-26-18-8-5-17(22)6-9-18/h4-10,12,14H,2-3,11,13,15H2,1H3. The van der Waals surface area contributed by atoms with Crippen LogP contribution < -0.4 is 9.47 Å². The number of halogens is 1. The minimum Gasteiger partial charge on any atom is -0.494 e. The number of carbonyl (C=O) groups excluding carboxylic acids is 1. The average Bonchev–Trinajstić information content (AvgIpc) is 3.07. The van der Waals surface area contributed by atoms with Gasteiger partial charge in [0.25, 0.3) is 0 Å². The quantitative estimate of drug-likeness (QED) is 0.394. The van der Waals surface area contributed by atoms with E-state index in [4.69, 9.17) is 25.8 Å². The zero-order valence-electron chi connectivity index (χ0n) is 15.2. The van der Waals surface area contributed by atoms with Crippen LogP contribution in [0.3, 0.4) is 0 Å². The first kappa shape index (κ1) is 19.1. The molecule has 27 heavy (non-hydrogen) atoms. The number of esters is 1. The number of carbonyl (C=O) groups is 1. The summed E-state index contributed by atoms with van der Waals surface area (Å²) in [5.74, 6) is 1.09. The van der Waals surface area contributed by atoms with Crippen LogP contribution in [0.2, 0.25) is 5.02 Å². The van der Waals surface area contributed by atoms with Crippen molar-refractivity contribution >= 4 is 28.5 Å². The maximum absolute atomic E-state index is 11.4. The summed E-state index contributed by atoms with van der Waals surface area (Å²) in [5, 5.41) is 1.82. The third-order valence-electron chi connectivity index (χ3n) is 4.03. The zero-order valence-corrected chi connectivity index (χ0v) is 15.9. The molecule has 0 atom stereocenters. The van der Waals surface area contributed by atoms with Crippen molar-refractivity contribution in [2.75, 3.05) is 19.8 Å². The Bertz CT molecular complexity index is 889. The van der Waals surface area contributed by atoms with Gasteiger partial charge < -0.3 is 18.8 Å². The van der Waals surface area contributed by atoms with E-state index in [0.717, 1.165) is 29.6 Å². The minimum absolute atomic E-state index is 0.0883. The van der Waals surface area contributed by atoms with Crippen molar-refractivity contribution in [3.63, 3.8) is 0 Å². The lowest BCUT2D eigenvalue weighted by molar-refractivity contribution is -0.145. The Morgan fingerprint density at radius 2 is 1.81 bits per heavy atom. The van der Waals surface area contributed by atoms with Gasteiger partial charge in [-0.25, -0.2) is 4.79 Å². The van der Waals surface area contributed by atoms with E-state index in [2.05, 4.69) is 10.6 Å². The van der Waals surface area contributed by atoms with Crippen molar-refractivity contribution < 1.29 is 19.0 Å². The molecule has 0 bridgehead atoms. The van der Waals surface area contributed by atoms with Gasteiger partial charge in [0.1, 0.15) is 11.5 Å². The van der Waals surface area contributed by atoms with Crippen LogP contribution in [0.15, 0.2) is 54.7 Å². The number of ether oxygens (including phenoxy) is 3. The van der Waals surface area contributed by atoms with Gasteiger partial charge in [-0.15, -0.1) is 0 Å². The topological polar surface area (TPSA) is 49.7 Å². The lowest BCUT2D eigenvalue weighted by Crippen LogP contribution is -2.14. The molecule has 0 aliphatic heterocycles. The molecule has 1 aromatic heterocycles.